The van der Waals surface area contributed by atoms with Gasteiger partial charge in [-0.15, -0.1) is 0 Å². The Morgan fingerprint density at radius 1 is 0.639 bits per heavy atom. The summed E-state index contributed by atoms with van der Waals surface area (Å²) in [5.41, 5.74) is 6.59. The fraction of sp³-hybridized carbons (Fsp3) is 0.385. The average molecular weight is 499 g/mol. The molecule has 10 nitrogen and oxygen atoms in total. The Morgan fingerprint density at radius 3 is 1.39 bits per heavy atom. The van der Waals surface area contributed by atoms with Crippen LogP contribution in [0.2, 0.25) is 0 Å². The second-order valence-corrected chi connectivity index (χ2v) is 7.73. The smallest absolute Gasteiger partial charge is 0.240 e. The number of unbranched alkanes of at least 4 members (excludes halogenated alkanes) is 3. The molecule has 0 aliphatic carbocycles. The van der Waals surface area contributed by atoms with Crippen LogP contribution in [0.15, 0.2) is 46.6 Å². The lowest BCUT2D eigenvalue weighted by molar-refractivity contribution is -0.122. The van der Waals surface area contributed by atoms with E-state index in [0.29, 0.717) is 35.8 Å². The zero-order valence-electron chi connectivity index (χ0n) is 21.2. The van der Waals surface area contributed by atoms with Gasteiger partial charge in [-0.2, -0.15) is 10.2 Å². The van der Waals surface area contributed by atoms with E-state index in [2.05, 4.69) is 21.1 Å². The fourth-order valence-electron chi connectivity index (χ4n) is 3.26. The molecule has 0 heterocycles. The summed E-state index contributed by atoms with van der Waals surface area (Å²) in [6.45, 7) is 0. The van der Waals surface area contributed by atoms with Crippen molar-refractivity contribution in [3.05, 3.63) is 47.5 Å². The van der Waals surface area contributed by atoms with Crippen LogP contribution >= 0.6 is 0 Å². The van der Waals surface area contributed by atoms with Gasteiger partial charge < -0.3 is 18.9 Å². The van der Waals surface area contributed by atoms with E-state index in [1.165, 1.54) is 0 Å². The molecule has 0 fully saturated rings. The number of nitrogens with one attached hydrogen (secondary N) is 2. The van der Waals surface area contributed by atoms with Crippen LogP contribution in [0.5, 0.6) is 23.0 Å². The molecule has 0 atom stereocenters. The van der Waals surface area contributed by atoms with Crippen LogP contribution in [0.1, 0.15) is 49.7 Å². The molecule has 2 amide bonds. The Hall–Kier alpha value is -4.08. The Labute approximate surface area is 211 Å². The highest BCUT2D eigenvalue weighted by Gasteiger charge is 2.05. The topological polar surface area (TPSA) is 120 Å². The number of methoxy groups -OCH3 is 4. The maximum absolute atomic E-state index is 11.9. The van der Waals surface area contributed by atoms with E-state index < -0.39 is 0 Å². The van der Waals surface area contributed by atoms with Crippen molar-refractivity contribution in [1.82, 2.24) is 10.9 Å². The van der Waals surface area contributed by atoms with Crippen molar-refractivity contribution in [2.75, 3.05) is 28.4 Å². The monoisotopic (exact) mass is 498 g/mol. The molecule has 0 spiro atoms. The van der Waals surface area contributed by atoms with Gasteiger partial charge in [0.2, 0.25) is 11.8 Å². The van der Waals surface area contributed by atoms with E-state index in [0.717, 1.165) is 36.8 Å². The number of nitrogens with zero attached hydrogens (tertiary/aromatic N) is 2. The number of ether oxygens (including phenoxy) is 4. The van der Waals surface area contributed by atoms with Crippen LogP contribution < -0.4 is 29.8 Å². The Morgan fingerprint density at radius 2 is 1.03 bits per heavy atom. The number of carbonyl (C=O) groups is 2. The number of hydrogen-bond donors (Lipinski definition) is 2. The number of benzene rings is 2. The minimum atomic E-state index is -0.158. The molecule has 10 heteroatoms. The number of hydrogen-bond acceptors (Lipinski definition) is 8. The van der Waals surface area contributed by atoms with Gasteiger partial charge in [0.05, 0.1) is 40.9 Å². The highest BCUT2D eigenvalue weighted by molar-refractivity contribution is 5.84. The summed E-state index contributed by atoms with van der Waals surface area (Å²) >= 11 is 0. The van der Waals surface area contributed by atoms with Gasteiger partial charge in [0.1, 0.15) is 0 Å². The molecule has 0 radical (unpaired) electrons. The van der Waals surface area contributed by atoms with Crippen molar-refractivity contribution in [2.24, 2.45) is 10.2 Å². The SMILES string of the molecule is COc1ccc(/C=N/NC(=O)CCCCCCC(=O)N/N=C/c2ccc(OC)c(OC)c2)cc1OC. The third-order valence-electron chi connectivity index (χ3n) is 5.18. The molecule has 0 aliphatic rings. The second-order valence-electron chi connectivity index (χ2n) is 7.73. The summed E-state index contributed by atoms with van der Waals surface area (Å²) in [5.74, 6) is 2.11. The maximum atomic E-state index is 11.9. The Balaban J connectivity index is 1.58. The number of rotatable bonds is 15. The van der Waals surface area contributed by atoms with Gasteiger partial charge >= 0.3 is 0 Å². The maximum Gasteiger partial charge on any atom is 0.240 e. The Bertz CT molecular complexity index is 971. The summed E-state index contributed by atoms with van der Waals surface area (Å²) in [6.07, 6.45) is 6.95. The second kappa shape index (κ2) is 15.8. The lowest BCUT2D eigenvalue weighted by Gasteiger charge is -2.07. The third-order valence-corrected chi connectivity index (χ3v) is 5.18. The first-order valence-electron chi connectivity index (χ1n) is 11.6. The van der Waals surface area contributed by atoms with E-state index >= 15 is 0 Å². The lowest BCUT2D eigenvalue weighted by Crippen LogP contribution is -2.17. The molecule has 0 aromatic heterocycles. The fourth-order valence-corrected chi connectivity index (χ4v) is 3.26. The number of hydrazone groups is 2. The molecule has 0 saturated carbocycles. The summed E-state index contributed by atoms with van der Waals surface area (Å²) < 4.78 is 20.9. The first-order valence-corrected chi connectivity index (χ1v) is 11.6. The standard InChI is InChI=1S/C26H34N4O6/c1-33-21-13-11-19(15-23(21)35-3)17-27-29-25(31)9-7-5-6-8-10-26(32)30-28-18-20-12-14-22(34-2)24(16-20)36-4/h11-18H,5-10H2,1-4H3,(H,29,31)(H,30,32)/b27-17+,28-18+. The molecular weight excluding hydrogens is 464 g/mol. The quantitative estimate of drug-likeness (QED) is 0.220. The van der Waals surface area contributed by atoms with Gasteiger partial charge in [-0.1, -0.05) is 12.8 Å². The first-order chi connectivity index (χ1) is 17.5. The lowest BCUT2D eigenvalue weighted by atomic mass is 10.1. The molecule has 0 unspecified atom stereocenters. The normalized spacial score (nSPS) is 10.9. The van der Waals surface area contributed by atoms with Gasteiger partial charge in [0.15, 0.2) is 23.0 Å². The zero-order chi connectivity index (χ0) is 26.2. The highest BCUT2D eigenvalue weighted by Crippen LogP contribution is 2.27. The van der Waals surface area contributed by atoms with Crippen molar-refractivity contribution in [2.45, 2.75) is 38.5 Å². The minimum Gasteiger partial charge on any atom is -0.493 e. The van der Waals surface area contributed by atoms with E-state index in [9.17, 15) is 9.59 Å². The summed E-state index contributed by atoms with van der Waals surface area (Å²) in [6, 6.07) is 10.7. The summed E-state index contributed by atoms with van der Waals surface area (Å²) in [4.78, 5) is 23.9. The Kier molecular flexibility index (Phi) is 12.3. The predicted molar refractivity (Wildman–Crippen MR) is 138 cm³/mol. The molecule has 2 rings (SSSR count). The summed E-state index contributed by atoms with van der Waals surface area (Å²) in [7, 11) is 6.25. The van der Waals surface area contributed by atoms with E-state index in [4.69, 9.17) is 18.9 Å². The average Bonchev–Trinajstić information content (AvgIpc) is 2.90. The zero-order valence-corrected chi connectivity index (χ0v) is 21.2. The van der Waals surface area contributed by atoms with E-state index in [1.54, 1.807) is 65.1 Å². The van der Waals surface area contributed by atoms with Gasteiger partial charge in [0.25, 0.3) is 0 Å². The van der Waals surface area contributed by atoms with Gasteiger partial charge in [-0.25, -0.2) is 10.9 Å². The van der Waals surface area contributed by atoms with Gasteiger partial charge in [0, 0.05) is 12.8 Å². The van der Waals surface area contributed by atoms with Crippen LogP contribution in [0.4, 0.5) is 0 Å². The molecule has 2 aromatic carbocycles. The van der Waals surface area contributed by atoms with Crippen molar-refractivity contribution < 1.29 is 28.5 Å². The molecule has 194 valence electrons. The van der Waals surface area contributed by atoms with Crippen LogP contribution in [0, 0.1) is 0 Å². The van der Waals surface area contributed by atoms with Crippen LogP contribution in [-0.4, -0.2) is 52.7 Å². The van der Waals surface area contributed by atoms with E-state index in [1.807, 2.05) is 12.1 Å². The first kappa shape index (κ1) is 28.2. The van der Waals surface area contributed by atoms with Crippen LogP contribution in [0.25, 0.3) is 0 Å². The predicted octanol–water partition coefficient (Wildman–Crippen LogP) is 3.66. The molecule has 0 saturated heterocycles. The molecule has 36 heavy (non-hydrogen) atoms. The van der Waals surface area contributed by atoms with Gasteiger partial charge in [-0.3, -0.25) is 9.59 Å². The molecular formula is C26H34N4O6. The van der Waals surface area contributed by atoms with Crippen molar-refractivity contribution in [3.8, 4) is 23.0 Å². The molecule has 0 bridgehead atoms. The van der Waals surface area contributed by atoms with Crippen molar-refractivity contribution >= 4 is 24.2 Å². The number of carbonyl (C=O) groups excluding carboxylic acids is 2. The van der Waals surface area contributed by atoms with Crippen LogP contribution in [0.3, 0.4) is 0 Å². The minimum absolute atomic E-state index is 0.158. The van der Waals surface area contributed by atoms with Gasteiger partial charge in [-0.05, 0) is 60.4 Å². The van der Waals surface area contributed by atoms with E-state index in [-0.39, 0.29) is 11.8 Å². The highest BCUT2D eigenvalue weighted by atomic mass is 16.5. The molecule has 2 N–H and O–H groups in total. The molecule has 0 aliphatic heterocycles. The van der Waals surface area contributed by atoms with Crippen LogP contribution in [-0.2, 0) is 9.59 Å². The summed E-state index contributed by atoms with van der Waals surface area (Å²) in [5, 5.41) is 7.96. The van der Waals surface area contributed by atoms with Crippen molar-refractivity contribution in [1.29, 1.82) is 0 Å². The largest absolute Gasteiger partial charge is 0.493 e. The van der Waals surface area contributed by atoms with Crippen molar-refractivity contribution in [3.63, 3.8) is 0 Å². The molecule has 2 aromatic rings. The third kappa shape index (κ3) is 9.65. The number of amides is 2.